The highest BCUT2D eigenvalue weighted by atomic mass is 35.5. The van der Waals surface area contributed by atoms with Crippen LogP contribution in [0.1, 0.15) is 0 Å². The summed E-state index contributed by atoms with van der Waals surface area (Å²) in [5, 5.41) is 1.52. The van der Waals surface area contributed by atoms with Crippen LogP contribution in [0.4, 0.5) is 0 Å². The molecule has 0 unspecified atom stereocenters. The van der Waals surface area contributed by atoms with Gasteiger partial charge in [0.2, 0.25) is 0 Å². The standard InChI is InChI=1S/C12H7Cl3O/c13-8-4-6-9(7-5-8)16-11-3-1-2-10(14)12(11)15/h1-7H. The fourth-order valence-electron chi connectivity index (χ4n) is 1.19. The van der Waals surface area contributed by atoms with E-state index in [2.05, 4.69) is 0 Å². The Morgan fingerprint density at radius 2 is 1.50 bits per heavy atom. The molecule has 2 aromatic carbocycles. The molecule has 0 spiro atoms. The highest BCUT2D eigenvalue weighted by Gasteiger charge is 2.06. The summed E-state index contributed by atoms with van der Waals surface area (Å²) < 4.78 is 5.57. The van der Waals surface area contributed by atoms with Crippen molar-refractivity contribution in [1.82, 2.24) is 0 Å². The van der Waals surface area contributed by atoms with E-state index < -0.39 is 0 Å². The van der Waals surface area contributed by atoms with Gasteiger partial charge in [-0.2, -0.15) is 0 Å². The molecule has 0 aliphatic heterocycles. The van der Waals surface area contributed by atoms with Crippen LogP contribution in [-0.4, -0.2) is 0 Å². The van der Waals surface area contributed by atoms with Crippen LogP contribution >= 0.6 is 34.8 Å². The molecule has 1 nitrogen and oxygen atoms in total. The largest absolute Gasteiger partial charge is 0.456 e. The zero-order chi connectivity index (χ0) is 11.5. The van der Waals surface area contributed by atoms with Gasteiger partial charge >= 0.3 is 0 Å². The molecule has 0 saturated carbocycles. The van der Waals surface area contributed by atoms with Crippen molar-refractivity contribution in [3.05, 3.63) is 57.5 Å². The Balaban J connectivity index is 2.27. The lowest BCUT2D eigenvalue weighted by atomic mass is 10.3. The summed E-state index contributed by atoms with van der Waals surface area (Å²) in [6.45, 7) is 0. The average Bonchev–Trinajstić information content (AvgIpc) is 2.28. The summed E-state index contributed by atoms with van der Waals surface area (Å²) >= 11 is 17.6. The maximum absolute atomic E-state index is 5.99. The Morgan fingerprint density at radius 1 is 0.812 bits per heavy atom. The molecule has 0 N–H and O–H groups in total. The zero-order valence-corrected chi connectivity index (χ0v) is 10.4. The summed E-state index contributed by atoms with van der Waals surface area (Å²) in [5.74, 6) is 1.19. The van der Waals surface area contributed by atoms with E-state index in [-0.39, 0.29) is 0 Å². The molecule has 0 saturated heterocycles. The molecule has 0 fully saturated rings. The molecule has 0 aromatic heterocycles. The minimum Gasteiger partial charge on any atom is -0.456 e. The molecule has 82 valence electrons. The van der Waals surface area contributed by atoms with E-state index in [0.717, 1.165) is 0 Å². The van der Waals surface area contributed by atoms with Gasteiger partial charge in [-0.3, -0.25) is 0 Å². The van der Waals surface area contributed by atoms with Gasteiger partial charge in [0.05, 0.1) is 5.02 Å². The van der Waals surface area contributed by atoms with Crippen molar-refractivity contribution in [2.24, 2.45) is 0 Å². The van der Waals surface area contributed by atoms with E-state index in [4.69, 9.17) is 39.5 Å². The van der Waals surface area contributed by atoms with E-state index in [1.54, 1.807) is 42.5 Å². The molecule has 0 aliphatic rings. The van der Waals surface area contributed by atoms with Crippen molar-refractivity contribution >= 4 is 34.8 Å². The van der Waals surface area contributed by atoms with E-state index in [0.29, 0.717) is 26.6 Å². The molecule has 0 radical (unpaired) electrons. The van der Waals surface area contributed by atoms with Gasteiger partial charge < -0.3 is 4.74 Å². The van der Waals surface area contributed by atoms with Gasteiger partial charge in [-0.25, -0.2) is 0 Å². The molecule has 0 aliphatic carbocycles. The maximum atomic E-state index is 5.99. The summed E-state index contributed by atoms with van der Waals surface area (Å²) in [7, 11) is 0. The number of ether oxygens (including phenoxy) is 1. The Morgan fingerprint density at radius 3 is 2.19 bits per heavy atom. The Kier molecular flexibility index (Phi) is 3.59. The molecule has 4 heteroatoms. The van der Waals surface area contributed by atoms with Gasteiger partial charge in [0.1, 0.15) is 16.5 Å². The van der Waals surface area contributed by atoms with Crippen molar-refractivity contribution in [3.8, 4) is 11.5 Å². The van der Waals surface area contributed by atoms with Gasteiger partial charge in [-0.05, 0) is 36.4 Å². The molecule has 2 rings (SSSR count). The van der Waals surface area contributed by atoms with Gasteiger partial charge in [-0.1, -0.05) is 40.9 Å². The second-order valence-corrected chi connectivity index (χ2v) is 4.33. The lowest BCUT2D eigenvalue weighted by Gasteiger charge is -2.08. The van der Waals surface area contributed by atoms with E-state index >= 15 is 0 Å². The topological polar surface area (TPSA) is 9.23 Å². The van der Waals surface area contributed by atoms with E-state index in [1.807, 2.05) is 0 Å². The van der Waals surface area contributed by atoms with Gasteiger partial charge in [0.15, 0.2) is 0 Å². The number of halogens is 3. The van der Waals surface area contributed by atoms with Crippen molar-refractivity contribution < 1.29 is 4.74 Å². The minimum atomic E-state index is 0.402. The summed E-state index contributed by atoms with van der Waals surface area (Å²) in [4.78, 5) is 0. The first-order valence-electron chi connectivity index (χ1n) is 4.54. The van der Waals surface area contributed by atoms with Crippen LogP contribution in [-0.2, 0) is 0 Å². The molecule has 0 atom stereocenters. The van der Waals surface area contributed by atoms with Gasteiger partial charge in [0.25, 0.3) is 0 Å². The predicted octanol–water partition coefficient (Wildman–Crippen LogP) is 5.44. The molecule has 2 aromatic rings. The van der Waals surface area contributed by atoms with E-state index in [9.17, 15) is 0 Å². The zero-order valence-electron chi connectivity index (χ0n) is 8.08. The maximum Gasteiger partial charge on any atom is 0.147 e. The van der Waals surface area contributed by atoms with Crippen LogP contribution in [0.25, 0.3) is 0 Å². The number of hydrogen-bond donors (Lipinski definition) is 0. The normalized spacial score (nSPS) is 10.2. The molecule has 0 heterocycles. The van der Waals surface area contributed by atoms with Crippen LogP contribution in [0, 0.1) is 0 Å². The van der Waals surface area contributed by atoms with Crippen molar-refractivity contribution in [3.63, 3.8) is 0 Å². The first-order chi connectivity index (χ1) is 7.66. The smallest absolute Gasteiger partial charge is 0.147 e. The first kappa shape index (κ1) is 11.6. The second kappa shape index (κ2) is 4.96. The van der Waals surface area contributed by atoms with Crippen LogP contribution in [0.15, 0.2) is 42.5 Å². The average molecular weight is 274 g/mol. The number of benzene rings is 2. The third-order valence-corrected chi connectivity index (χ3v) is 3.01. The summed E-state index contributed by atoms with van der Waals surface area (Å²) in [6.07, 6.45) is 0. The quantitative estimate of drug-likeness (QED) is 0.708. The third-order valence-electron chi connectivity index (χ3n) is 1.96. The van der Waals surface area contributed by atoms with Crippen molar-refractivity contribution in [2.45, 2.75) is 0 Å². The number of rotatable bonds is 2. The van der Waals surface area contributed by atoms with Crippen LogP contribution < -0.4 is 4.74 Å². The molecule has 0 amide bonds. The summed E-state index contributed by atoms with van der Waals surface area (Å²) in [6, 6.07) is 12.3. The first-order valence-corrected chi connectivity index (χ1v) is 5.67. The molecular formula is C12H7Cl3O. The van der Waals surface area contributed by atoms with Gasteiger partial charge in [0, 0.05) is 5.02 Å². The molecular weight excluding hydrogens is 266 g/mol. The lowest BCUT2D eigenvalue weighted by Crippen LogP contribution is -1.85. The second-order valence-electron chi connectivity index (χ2n) is 3.11. The molecule has 0 bridgehead atoms. The SMILES string of the molecule is Clc1ccc(Oc2cccc(Cl)c2Cl)cc1. The van der Waals surface area contributed by atoms with Crippen LogP contribution in [0.2, 0.25) is 15.1 Å². The van der Waals surface area contributed by atoms with Crippen LogP contribution in [0.5, 0.6) is 11.5 Å². The number of hydrogen-bond acceptors (Lipinski definition) is 1. The predicted molar refractivity (Wildman–Crippen MR) is 68.0 cm³/mol. The van der Waals surface area contributed by atoms with Gasteiger partial charge in [-0.15, -0.1) is 0 Å². The fraction of sp³-hybridized carbons (Fsp3) is 0. The highest BCUT2D eigenvalue weighted by molar-refractivity contribution is 6.42. The summed E-state index contributed by atoms with van der Waals surface area (Å²) in [5.41, 5.74) is 0. The van der Waals surface area contributed by atoms with E-state index in [1.165, 1.54) is 0 Å². The Labute approximate surface area is 109 Å². The third kappa shape index (κ3) is 2.62. The lowest BCUT2D eigenvalue weighted by molar-refractivity contribution is 0.483. The minimum absolute atomic E-state index is 0.402. The Hall–Kier alpha value is -0.890. The fourth-order valence-corrected chi connectivity index (χ4v) is 1.65. The Bertz CT molecular complexity index is 494. The van der Waals surface area contributed by atoms with Crippen molar-refractivity contribution in [2.75, 3.05) is 0 Å². The van der Waals surface area contributed by atoms with Crippen molar-refractivity contribution in [1.29, 1.82) is 0 Å². The highest BCUT2D eigenvalue weighted by Crippen LogP contribution is 2.34. The monoisotopic (exact) mass is 272 g/mol. The van der Waals surface area contributed by atoms with Crippen LogP contribution in [0.3, 0.4) is 0 Å². The molecule has 16 heavy (non-hydrogen) atoms.